The first-order valence-corrected chi connectivity index (χ1v) is 7.10. The number of nitrogens with one attached hydrogen (secondary N) is 1. The molecule has 0 atom stereocenters. The Labute approximate surface area is 101 Å². The summed E-state index contributed by atoms with van der Waals surface area (Å²) in [6.07, 6.45) is 3.39. The molecule has 1 saturated carbocycles. The van der Waals surface area contributed by atoms with Gasteiger partial charge in [0.05, 0.1) is 16.5 Å². The van der Waals surface area contributed by atoms with E-state index in [2.05, 4.69) is 4.72 Å². The van der Waals surface area contributed by atoms with Crippen LogP contribution in [0.1, 0.15) is 24.8 Å². The van der Waals surface area contributed by atoms with Crippen LogP contribution in [0.3, 0.4) is 0 Å². The van der Waals surface area contributed by atoms with Crippen LogP contribution in [-0.2, 0) is 10.0 Å². The van der Waals surface area contributed by atoms with E-state index in [1.54, 1.807) is 12.1 Å². The predicted octanol–water partition coefficient (Wildman–Crippen LogP) is 1.64. The molecule has 90 valence electrons. The zero-order valence-electron chi connectivity index (χ0n) is 9.39. The lowest BCUT2D eigenvalue weighted by Gasteiger charge is -2.25. The van der Waals surface area contributed by atoms with E-state index in [0.29, 0.717) is 18.0 Å². The largest absolute Gasteiger partial charge is 0.240 e. The summed E-state index contributed by atoms with van der Waals surface area (Å²) >= 11 is 0. The van der Waals surface area contributed by atoms with Gasteiger partial charge in [0, 0.05) is 6.54 Å². The highest BCUT2D eigenvalue weighted by Crippen LogP contribution is 2.25. The van der Waals surface area contributed by atoms with Crippen molar-refractivity contribution in [3.05, 3.63) is 29.8 Å². The molecule has 0 aromatic heterocycles. The van der Waals surface area contributed by atoms with Crippen LogP contribution >= 0.6 is 0 Å². The van der Waals surface area contributed by atoms with Crippen molar-refractivity contribution >= 4 is 10.0 Å². The van der Waals surface area contributed by atoms with Gasteiger partial charge in [0.25, 0.3) is 0 Å². The number of nitrogens with zero attached hydrogens (tertiary/aromatic N) is 1. The first-order valence-electron chi connectivity index (χ1n) is 5.61. The van der Waals surface area contributed by atoms with Crippen LogP contribution in [0.2, 0.25) is 0 Å². The minimum atomic E-state index is -3.47. The van der Waals surface area contributed by atoms with Crippen LogP contribution in [0.25, 0.3) is 0 Å². The normalized spacial score (nSPS) is 16.2. The molecule has 1 aliphatic rings. The summed E-state index contributed by atoms with van der Waals surface area (Å²) < 4.78 is 26.4. The molecule has 0 unspecified atom stereocenters. The fourth-order valence-electron chi connectivity index (χ4n) is 1.74. The molecule has 0 spiro atoms. The van der Waals surface area contributed by atoms with Crippen LogP contribution in [0.5, 0.6) is 0 Å². The second-order valence-electron chi connectivity index (χ2n) is 4.29. The molecule has 1 aromatic rings. The molecule has 1 N–H and O–H groups in total. The SMILES string of the molecule is N#Cc1cccc(S(=O)(=O)NCC2CCC2)c1. The molecule has 2 rings (SSSR count). The average Bonchev–Trinajstić information content (AvgIpc) is 2.27. The Hall–Kier alpha value is -1.38. The van der Waals surface area contributed by atoms with E-state index in [1.165, 1.54) is 18.6 Å². The summed E-state index contributed by atoms with van der Waals surface area (Å²) in [6.45, 7) is 0.499. The van der Waals surface area contributed by atoms with Gasteiger partial charge in [0.15, 0.2) is 0 Å². The molecule has 1 aromatic carbocycles. The smallest absolute Gasteiger partial charge is 0.211 e. The van der Waals surface area contributed by atoms with E-state index >= 15 is 0 Å². The Kier molecular flexibility index (Phi) is 3.46. The van der Waals surface area contributed by atoms with E-state index in [0.717, 1.165) is 12.8 Å². The van der Waals surface area contributed by atoms with Crippen molar-refractivity contribution in [1.29, 1.82) is 5.26 Å². The molecule has 0 amide bonds. The van der Waals surface area contributed by atoms with Gasteiger partial charge in [0.2, 0.25) is 10.0 Å². The van der Waals surface area contributed by atoms with Gasteiger partial charge in [-0.25, -0.2) is 13.1 Å². The molecule has 17 heavy (non-hydrogen) atoms. The van der Waals surface area contributed by atoms with Gasteiger partial charge < -0.3 is 0 Å². The van der Waals surface area contributed by atoms with Crippen molar-refractivity contribution in [2.45, 2.75) is 24.2 Å². The Morgan fingerprint density at radius 1 is 1.41 bits per heavy atom. The Bertz CT molecular complexity index is 542. The summed E-state index contributed by atoms with van der Waals surface area (Å²) in [6, 6.07) is 8.00. The molecule has 1 aliphatic carbocycles. The van der Waals surface area contributed by atoms with Crippen molar-refractivity contribution in [1.82, 2.24) is 4.72 Å². The molecule has 0 saturated heterocycles. The van der Waals surface area contributed by atoms with Gasteiger partial charge >= 0.3 is 0 Å². The van der Waals surface area contributed by atoms with Gasteiger partial charge in [-0.1, -0.05) is 12.5 Å². The van der Waals surface area contributed by atoms with E-state index < -0.39 is 10.0 Å². The van der Waals surface area contributed by atoms with Gasteiger partial charge in [-0.15, -0.1) is 0 Å². The minimum absolute atomic E-state index is 0.163. The predicted molar refractivity (Wildman–Crippen MR) is 63.7 cm³/mol. The maximum atomic E-state index is 11.9. The molecule has 0 heterocycles. The standard InChI is InChI=1S/C12H14N2O2S/c13-8-11-5-2-6-12(7-11)17(15,16)14-9-10-3-1-4-10/h2,5-7,10,14H,1,3-4,9H2. The van der Waals surface area contributed by atoms with E-state index in [4.69, 9.17) is 5.26 Å². The van der Waals surface area contributed by atoms with Gasteiger partial charge in [-0.05, 0) is 37.0 Å². The van der Waals surface area contributed by atoms with Crippen LogP contribution < -0.4 is 4.72 Å². The zero-order valence-corrected chi connectivity index (χ0v) is 10.2. The maximum absolute atomic E-state index is 11.9. The van der Waals surface area contributed by atoms with Crippen LogP contribution in [-0.4, -0.2) is 15.0 Å². The Balaban J connectivity index is 2.10. The lowest BCUT2D eigenvalue weighted by atomic mass is 9.86. The van der Waals surface area contributed by atoms with Gasteiger partial charge in [-0.2, -0.15) is 5.26 Å². The third-order valence-corrected chi connectivity index (χ3v) is 4.48. The van der Waals surface area contributed by atoms with Crippen molar-refractivity contribution in [2.75, 3.05) is 6.54 Å². The fraction of sp³-hybridized carbons (Fsp3) is 0.417. The molecule has 1 fully saturated rings. The molecular weight excluding hydrogens is 236 g/mol. The quantitative estimate of drug-likeness (QED) is 0.883. The maximum Gasteiger partial charge on any atom is 0.240 e. The third kappa shape index (κ3) is 2.84. The van der Waals surface area contributed by atoms with Crippen molar-refractivity contribution < 1.29 is 8.42 Å². The van der Waals surface area contributed by atoms with E-state index in [-0.39, 0.29) is 4.90 Å². The Morgan fingerprint density at radius 2 is 2.18 bits per heavy atom. The van der Waals surface area contributed by atoms with Gasteiger partial charge in [-0.3, -0.25) is 0 Å². The second-order valence-corrected chi connectivity index (χ2v) is 6.06. The highest BCUT2D eigenvalue weighted by atomic mass is 32.2. The second kappa shape index (κ2) is 4.86. The number of nitriles is 1. The topological polar surface area (TPSA) is 70.0 Å². The lowest BCUT2D eigenvalue weighted by molar-refractivity contribution is 0.316. The van der Waals surface area contributed by atoms with E-state index in [1.807, 2.05) is 6.07 Å². The summed E-state index contributed by atoms with van der Waals surface area (Å²) in [7, 11) is -3.47. The monoisotopic (exact) mass is 250 g/mol. The first-order chi connectivity index (χ1) is 8.12. The molecule has 0 bridgehead atoms. The third-order valence-electron chi connectivity index (χ3n) is 3.06. The number of benzene rings is 1. The number of hydrogen-bond acceptors (Lipinski definition) is 3. The van der Waals surface area contributed by atoms with Crippen LogP contribution in [0, 0.1) is 17.2 Å². The molecule has 0 aliphatic heterocycles. The van der Waals surface area contributed by atoms with Crippen molar-refractivity contribution in [3.8, 4) is 6.07 Å². The molecule has 0 radical (unpaired) electrons. The van der Waals surface area contributed by atoms with Gasteiger partial charge in [0.1, 0.15) is 0 Å². The highest BCUT2D eigenvalue weighted by Gasteiger charge is 2.21. The van der Waals surface area contributed by atoms with Crippen LogP contribution in [0.15, 0.2) is 29.2 Å². The van der Waals surface area contributed by atoms with Crippen molar-refractivity contribution in [3.63, 3.8) is 0 Å². The highest BCUT2D eigenvalue weighted by molar-refractivity contribution is 7.89. The summed E-state index contributed by atoms with van der Waals surface area (Å²) in [4.78, 5) is 0.163. The number of hydrogen-bond donors (Lipinski definition) is 1. The number of rotatable bonds is 4. The molecule has 5 heteroatoms. The Morgan fingerprint density at radius 3 is 2.76 bits per heavy atom. The molecular formula is C12H14N2O2S. The summed E-state index contributed by atoms with van der Waals surface area (Å²) in [5.41, 5.74) is 0.358. The van der Waals surface area contributed by atoms with Crippen LogP contribution in [0.4, 0.5) is 0 Å². The number of sulfonamides is 1. The molecule has 4 nitrogen and oxygen atoms in total. The lowest BCUT2D eigenvalue weighted by Crippen LogP contribution is -2.32. The van der Waals surface area contributed by atoms with E-state index in [9.17, 15) is 8.42 Å². The summed E-state index contributed by atoms with van der Waals surface area (Å²) in [5.74, 6) is 0.476. The summed E-state index contributed by atoms with van der Waals surface area (Å²) in [5, 5.41) is 8.73. The minimum Gasteiger partial charge on any atom is -0.211 e. The zero-order chi connectivity index (χ0) is 12.3. The first kappa shape index (κ1) is 12.1. The van der Waals surface area contributed by atoms with Crippen molar-refractivity contribution in [2.24, 2.45) is 5.92 Å². The average molecular weight is 250 g/mol. The fourth-order valence-corrected chi connectivity index (χ4v) is 2.90.